The molecule has 94 valence electrons. The van der Waals surface area contributed by atoms with Crippen LogP contribution in [0.3, 0.4) is 0 Å². The Balaban J connectivity index is 2.31. The van der Waals surface area contributed by atoms with Gasteiger partial charge < -0.3 is 5.73 Å². The molecule has 0 atom stereocenters. The lowest BCUT2D eigenvalue weighted by atomic mass is 9.96. The van der Waals surface area contributed by atoms with Crippen molar-refractivity contribution in [2.45, 2.75) is 27.2 Å². The van der Waals surface area contributed by atoms with E-state index in [9.17, 15) is 0 Å². The molecule has 1 nitrogen and oxygen atoms in total. The first-order valence-corrected chi connectivity index (χ1v) is 6.51. The van der Waals surface area contributed by atoms with Crippen LogP contribution in [0.4, 0.5) is 5.69 Å². The van der Waals surface area contributed by atoms with Gasteiger partial charge in [0, 0.05) is 5.69 Å². The summed E-state index contributed by atoms with van der Waals surface area (Å²) in [5.74, 6) is 0.699. The summed E-state index contributed by atoms with van der Waals surface area (Å²) in [6.45, 7) is 6.61. The third-order valence-electron chi connectivity index (χ3n) is 3.17. The van der Waals surface area contributed by atoms with Crippen molar-refractivity contribution in [3.05, 3.63) is 53.6 Å². The first-order valence-electron chi connectivity index (χ1n) is 6.51. The Labute approximate surface area is 110 Å². The highest BCUT2D eigenvalue weighted by molar-refractivity contribution is 5.70. The highest BCUT2D eigenvalue weighted by Gasteiger charge is 2.03. The van der Waals surface area contributed by atoms with Gasteiger partial charge in [-0.15, -0.1) is 0 Å². The molecule has 0 spiro atoms. The van der Waals surface area contributed by atoms with Gasteiger partial charge in [-0.05, 0) is 53.6 Å². The summed E-state index contributed by atoms with van der Waals surface area (Å²) in [5.41, 5.74) is 11.8. The monoisotopic (exact) mass is 239 g/mol. The van der Waals surface area contributed by atoms with Gasteiger partial charge in [-0.25, -0.2) is 0 Å². The zero-order chi connectivity index (χ0) is 13.1. The summed E-state index contributed by atoms with van der Waals surface area (Å²) in [5, 5.41) is 0. The molecule has 18 heavy (non-hydrogen) atoms. The molecule has 2 aromatic rings. The Morgan fingerprint density at radius 1 is 1.00 bits per heavy atom. The average Bonchev–Trinajstić information content (AvgIpc) is 2.33. The van der Waals surface area contributed by atoms with Crippen LogP contribution in [-0.4, -0.2) is 0 Å². The van der Waals surface area contributed by atoms with Crippen LogP contribution in [0.15, 0.2) is 42.5 Å². The Morgan fingerprint density at radius 2 is 1.67 bits per heavy atom. The molecule has 0 saturated heterocycles. The predicted octanol–water partition coefficient (Wildman–Crippen LogP) is 4.44. The molecule has 0 aliphatic heterocycles. The van der Waals surface area contributed by atoms with Gasteiger partial charge in [0.15, 0.2) is 0 Å². The molecule has 0 aromatic heterocycles. The number of hydrogen-bond acceptors (Lipinski definition) is 1. The smallest absolute Gasteiger partial charge is 0.0320 e. The van der Waals surface area contributed by atoms with E-state index in [0.717, 1.165) is 12.1 Å². The molecular weight excluding hydrogens is 218 g/mol. The summed E-state index contributed by atoms with van der Waals surface area (Å²) in [7, 11) is 0. The molecule has 2 N–H and O–H groups in total. The molecule has 0 radical (unpaired) electrons. The maximum atomic E-state index is 5.86. The topological polar surface area (TPSA) is 26.0 Å². The Morgan fingerprint density at radius 3 is 2.28 bits per heavy atom. The van der Waals surface area contributed by atoms with Crippen molar-refractivity contribution >= 4 is 5.69 Å². The van der Waals surface area contributed by atoms with E-state index in [0.29, 0.717) is 5.92 Å². The van der Waals surface area contributed by atoms with Gasteiger partial charge in [0.05, 0.1) is 0 Å². The van der Waals surface area contributed by atoms with Gasteiger partial charge in [-0.3, -0.25) is 0 Å². The van der Waals surface area contributed by atoms with Crippen LogP contribution in [0.5, 0.6) is 0 Å². The molecule has 0 amide bonds. The zero-order valence-corrected chi connectivity index (χ0v) is 11.4. The molecule has 0 fully saturated rings. The van der Waals surface area contributed by atoms with Crippen LogP contribution < -0.4 is 5.73 Å². The van der Waals surface area contributed by atoms with Gasteiger partial charge in [0.25, 0.3) is 0 Å². The largest absolute Gasteiger partial charge is 0.399 e. The van der Waals surface area contributed by atoms with Crippen LogP contribution >= 0.6 is 0 Å². The molecule has 1 heteroatoms. The van der Waals surface area contributed by atoms with Crippen LogP contribution in [0.25, 0.3) is 11.1 Å². The third kappa shape index (κ3) is 2.92. The SMILES string of the molecule is Cc1ccc(N)cc1-c1ccc(CC(C)C)cc1. The number of anilines is 1. The summed E-state index contributed by atoms with van der Waals surface area (Å²) in [6.07, 6.45) is 1.14. The van der Waals surface area contributed by atoms with Gasteiger partial charge in [0.2, 0.25) is 0 Å². The first-order chi connectivity index (χ1) is 8.56. The van der Waals surface area contributed by atoms with Crippen LogP contribution in [0.2, 0.25) is 0 Å². The highest BCUT2D eigenvalue weighted by Crippen LogP contribution is 2.26. The van der Waals surface area contributed by atoms with Gasteiger partial charge in [0.1, 0.15) is 0 Å². The van der Waals surface area contributed by atoms with Crippen LogP contribution in [0, 0.1) is 12.8 Å². The van der Waals surface area contributed by atoms with Gasteiger partial charge >= 0.3 is 0 Å². The second-order valence-electron chi connectivity index (χ2n) is 5.37. The fourth-order valence-corrected chi connectivity index (χ4v) is 2.24. The molecule has 2 aromatic carbocycles. The molecule has 0 bridgehead atoms. The van der Waals surface area contributed by atoms with E-state index in [1.54, 1.807) is 0 Å². The lowest BCUT2D eigenvalue weighted by Gasteiger charge is -2.09. The van der Waals surface area contributed by atoms with E-state index in [1.807, 2.05) is 12.1 Å². The van der Waals surface area contributed by atoms with Crippen LogP contribution in [-0.2, 0) is 6.42 Å². The molecule has 0 aliphatic carbocycles. The van der Waals surface area contributed by atoms with Crippen molar-refractivity contribution in [2.75, 3.05) is 5.73 Å². The van der Waals surface area contributed by atoms with Gasteiger partial charge in [-0.1, -0.05) is 44.2 Å². The summed E-state index contributed by atoms with van der Waals surface area (Å²) in [6, 6.07) is 14.9. The van der Waals surface area contributed by atoms with Crippen molar-refractivity contribution in [3.63, 3.8) is 0 Å². The Hall–Kier alpha value is -1.76. The van der Waals surface area contributed by atoms with E-state index < -0.39 is 0 Å². The van der Waals surface area contributed by atoms with E-state index >= 15 is 0 Å². The fraction of sp³-hybridized carbons (Fsp3) is 0.294. The molecule has 0 aliphatic rings. The maximum Gasteiger partial charge on any atom is 0.0320 e. The maximum absolute atomic E-state index is 5.86. The molecule has 0 saturated carbocycles. The van der Waals surface area contributed by atoms with Crippen LogP contribution in [0.1, 0.15) is 25.0 Å². The van der Waals surface area contributed by atoms with Crippen molar-refractivity contribution in [1.29, 1.82) is 0 Å². The van der Waals surface area contributed by atoms with Crippen molar-refractivity contribution < 1.29 is 0 Å². The number of hydrogen-bond donors (Lipinski definition) is 1. The second-order valence-corrected chi connectivity index (χ2v) is 5.37. The van der Waals surface area contributed by atoms with E-state index in [-0.39, 0.29) is 0 Å². The minimum atomic E-state index is 0.699. The summed E-state index contributed by atoms with van der Waals surface area (Å²) < 4.78 is 0. The van der Waals surface area contributed by atoms with E-state index in [1.165, 1.54) is 22.3 Å². The van der Waals surface area contributed by atoms with Crippen molar-refractivity contribution in [3.8, 4) is 11.1 Å². The predicted molar refractivity (Wildman–Crippen MR) is 79.6 cm³/mol. The Kier molecular flexibility index (Phi) is 3.71. The van der Waals surface area contributed by atoms with E-state index in [4.69, 9.17) is 5.73 Å². The number of nitrogens with two attached hydrogens (primary N) is 1. The second kappa shape index (κ2) is 5.26. The zero-order valence-electron chi connectivity index (χ0n) is 11.4. The molecule has 0 heterocycles. The minimum absolute atomic E-state index is 0.699. The standard InChI is InChI=1S/C17H21N/c1-12(2)10-14-5-7-15(8-6-14)17-11-16(18)9-4-13(17)3/h4-9,11-12H,10,18H2,1-3H3. The highest BCUT2D eigenvalue weighted by atomic mass is 14.5. The summed E-state index contributed by atoms with van der Waals surface area (Å²) in [4.78, 5) is 0. The fourth-order valence-electron chi connectivity index (χ4n) is 2.24. The minimum Gasteiger partial charge on any atom is -0.399 e. The van der Waals surface area contributed by atoms with Gasteiger partial charge in [-0.2, -0.15) is 0 Å². The molecule has 2 rings (SSSR count). The molecular formula is C17H21N. The number of nitrogen functional groups attached to an aromatic ring is 1. The number of benzene rings is 2. The van der Waals surface area contributed by atoms with Crippen molar-refractivity contribution in [1.82, 2.24) is 0 Å². The molecule has 0 unspecified atom stereocenters. The Bertz CT molecular complexity index is 524. The average molecular weight is 239 g/mol. The van der Waals surface area contributed by atoms with Crippen molar-refractivity contribution in [2.24, 2.45) is 5.92 Å². The summed E-state index contributed by atoms with van der Waals surface area (Å²) >= 11 is 0. The lowest BCUT2D eigenvalue weighted by molar-refractivity contribution is 0.647. The number of aryl methyl sites for hydroxylation is 1. The number of rotatable bonds is 3. The quantitative estimate of drug-likeness (QED) is 0.787. The lowest BCUT2D eigenvalue weighted by Crippen LogP contribution is -1.94. The third-order valence-corrected chi connectivity index (χ3v) is 3.17. The normalized spacial score (nSPS) is 10.9. The van der Waals surface area contributed by atoms with E-state index in [2.05, 4.69) is 51.1 Å². The first kappa shape index (κ1) is 12.7.